The normalized spacial score (nSPS) is 33.6. The van der Waals surface area contributed by atoms with Crippen LogP contribution in [0.3, 0.4) is 0 Å². The quantitative estimate of drug-likeness (QED) is 0.694. The Labute approximate surface area is 92.2 Å². The second kappa shape index (κ2) is 4.01. The Balaban J connectivity index is 1.94. The first-order chi connectivity index (χ1) is 6.99. The lowest BCUT2D eigenvalue weighted by Gasteiger charge is -2.42. The molecule has 2 N–H and O–H groups in total. The molecule has 2 atom stereocenters. The molecule has 0 aromatic carbocycles. The van der Waals surface area contributed by atoms with E-state index < -0.39 is 5.60 Å². The molecule has 2 aliphatic rings. The minimum Gasteiger partial charge on any atom is -0.389 e. The minimum absolute atomic E-state index is 0.568. The minimum atomic E-state index is -0.568. The number of hydrogen-bond acceptors (Lipinski definition) is 4. The molecule has 2 bridgehead atoms. The van der Waals surface area contributed by atoms with Gasteiger partial charge in [-0.2, -0.15) is 0 Å². The molecule has 0 amide bonds. The van der Waals surface area contributed by atoms with E-state index in [1.54, 1.807) is 0 Å². The van der Waals surface area contributed by atoms with E-state index in [0.29, 0.717) is 12.1 Å². The van der Waals surface area contributed by atoms with Crippen LogP contribution in [-0.2, 0) is 0 Å². The number of likely N-dealkylation sites (tertiary alicyclic amines) is 1. The SMILES string of the molecule is CNN1C2CCC1CN(CC(C)(C)O)C2. The van der Waals surface area contributed by atoms with Gasteiger partial charge in [-0.25, -0.2) is 5.01 Å². The van der Waals surface area contributed by atoms with Crippen LogP contribution in [-0.4, -0.2) is 59.4 Å². The van der Waals surface area contributed by atoms with Gasteiger partial charge in [0.15, 0.2) is 0 Å². The van der Waals surface area contributed by atoms with Gasteiger partial charge in [0, 0.05) is 31.7 Å². The molecule has 0 radical (unpaired) electrons. The summed E-state index contributed by atoms with van der Waals surface area (Å²) in [6.07, 6.45) is 2.57. The molecule has 0 aliphatic carbocycles. The number of aliphatic hydroxyl groups is 1. The maximum absolute atomic E-state index is 9.82. The van der Waals surface area contributed by atoms with Crippen LogP contribution in [0.1, 0.15) is 26.7 Å². The summed E-state index contributed by atoms with van der Waals surface area (Å²) in [7, 11) is 2.01. The van der Waals surface area contributed by atoms with Crippen molar-refractivity contribution in [2.75, 3.05) is 26.7 Å². The molecular formula is C11H23N3O. The smallest absolute Gasteiger partial charge is 0.0718 e. The topological polar surface area (TPSA) is 38.7 Å². The van der Waals surface area contributed by atoms with Gasteiger partial charge in [-0.15, -0.1) is 0 Å². The van der Waals surface area contributed by atoms with Crippen LogP contribution < -0.4 is 5.43 Å². The van der Waals surface area contributed by atoms with Crippen LogP contribution in [0.25, 0.3) is 0 Å². The van der Waals surface area contributed by atoms with Crippen molar-refractivity contribution in [2.24, 2.45) is 0 Å². The van der Waals surface area contributed by atoms with Gasteiger partial charge < -0.3 is 5.11 Å². The summed E-state index contributed by atoms with van der Waals surface area (Å²) in [6, 6.07) is 1.27. The van der Waals surface area contributed by atoms with Crippen molar-refractivity contribution in [1.29, 1.82) is 0 Å². The van der Waals surface area contributed by atoms with Crippen molar-refractivity contribution in [3.63, 3.8) is 0 Å². The van der Waals surface area contributed by atoms with Gasteiger partial charge in [0.25, 0.3) is 0 Å². The Morgan fingerprint density at radius 1 is 1.27 bits per heavy atom. The molecule has 4 nitrogen and oxygen atoms in total. The zero-order valence-corrected chi connectivity index (χ0v) is 10.0. The number of nitrogens with one attached hydrogen (secondary N) is 1. The highest BCUT2D eigenvalue weighted by Gasteiger charge is 2.40. The molecule has 2 heterocycles. The zero-order chi connectivity index (χ0) is 11.1. The molecule has 2 fully saturated rings. The summed E-state index contributed by atoms with van der Waals surface area (Å²) in [4.78, 5) is 2.40. The van der Waals surface area contributed by atoms with Gasteiger partial charge in [0.05, 0.1) is 5.60 Å². The van der Waals surface area contributed by atoms with Gasteiger partial charge >= 0.3 is 0 Å². The van der Waals surface area contributed by atoms with E-state index in [1.165, 1.54) is 12.8 Å². The molecule has 4 heteroatoms. The number of fused-ring (bicyclic) bond motifs is 2. The summed E-state index contributed by atoms with van der Waals surface area (Å²) >= 11 is 0. The first kappa shape index (κ1) is 11.3. The van der Waals surface area contributed by atoms with E-state index in [9.17, 15) is 5.11 Å². The zero-order valence-electron chi connectivity index (χ0n) is 10.0. The largest absolute Gasteiger partial charge is 0.389 e. The Bertz CT molecular complexity index is 212. The van der Waals surface area contributed by atoms with Crippen molar-refractivity contribution < 1.29 is 5.11 Å². The van der Waals surface area contributed by atoms with Crippen LogP contribution in [0.2, 0.25) is 0 Å². The highest BCUT2D eigenvalue weighted by Crippen LogP contribution is 2.28. The van der Waals surface area contributed by atoms with Crippen LogP contribution >= 0.6 is 0 Å². The molecule has 2 rings (SSSR count). The number of hydrazine groups is 1. The summed E-state index contributed by atoms with van der Waals surface area (Å²) < 4.78 is 0. The molecule has 15 heavy (non-hydrogen) atoms. The number of β-amino-alcohol motifs (C(OH)–C–C–N with tert-alkyl or cyclic N) is 1. The standard InChI is InChI=1S/C11H23N3O/c1-11(2,15)8-13-6-9-4-5-10(7-13)14(9)12-3/h9-10,12,15H,4-8H2,1-3H3. The second-order valence-electron chi connectivity index (χ2n) is 5.52. The van der Waals surface area contributed by atoms with Gasteiger partial charge in [0.2, 0.25) is 0 Å². The average molecular weight is 213 g/mol. The first-order valence-electron chi connectivity index (χ1n) is 5.90. The van der Waals surface area contributed by atoms with Crippen LogP contribution in [0.4, 0.5) is 0 Å². The monoisotopic (exact) mass is 213 g/mol. The molecule has 88 valence electrons. The average Bonchev–Trinajstić information content (AvgIpc) is 2.34. The third kappa shape index (κ3) is 2.50. The maximum Gasteiger partial charge on any atom is 0.0718 e. The molecule has 0 saturated carbocycles. The van der Waals surface area contributed by atoms with Gasteiger partial charge in [0.1, 0.15) is 0 Å². The lowest BCUT2D eigenvalue weighted by molar-refractivity contribution is -0.0160. The third-order valence-electron chi connectivity index (χ3n) is 3.43. The van der Waals surface area contributed by atoms with Crippen molar-refractivity contribution in [1.82, 2.24) is 15.3 Å². The second-order valence-corrected chi connectivity index (χ2v) is 5.52. The molecule has 2 saturated heterocycles. The molecular weight excluding hydrogens is 190 g/mol. The first-order valence-corrected chi connectivity index (χ1v) is 5.90. The van der Waals surface area contributed by atoms with E-state index in [0.717, 1.165) is 19.6 Å². The summed E-state index contributed by atoms with van der Waals surface area (Å²) in [6.45, 7) is 6.74. The Morgan fingerprint density at radius 3 is 2.20 bits per heavy atom. The van der Waals surface area contributed by atoms with E-state index in [1.807, 2.05) is 20.9 Å². The molecule has 0 aromatic heterocycles. The van der Waals surface area contributed by atoms with Crippen LogP contribution in [0.15, 0.2) is 0 Å². The third-order valence-corrected chi connectivity index (χ3v) is 3.43. The van der Waals surface area contributed by atoms with Crippen molar-refractivity contribution >= 4 is 0 Å². The molecule has 0 spiro atoms. The Hall–Kier alpha value is -0.160. The van der Waals surface area contributed by atoms with E-state index >= 15 is 0 Å². The van der Waals surface area contributed by atoms with Gasteiger partial charge in [-0.05, 0) is 33.7 Å². The summed E-state index contributed by atoms with van der Waals surface area (Å²) in [5.41, 5.74) is 2.73. The van der Waals surface area contributed by atoms with E-state index in [2.05, 4.69) is 15.3 Å². The van der Waals surface area contributed by atoms with Crippen LogP contribution in [0, 0.1) is 0 Å². The highest BCUT2D eigenvalue weighted by molar-refractivity contribution is 4.94. The van der Waals surface area contributed by atoms with Crippen molar-refractivity contribution in [2.45, 2.75) is 44.4 Å². The number of hydrogen-bond donors (Lipinski definition) is 2. The summed E-state index contributed by atoms with van der Waals surface area (Å²) in [5.74, 6) is 0. The summed E-state index contributed by atoms with van der Waals surface area (Å²) in [5, 5.41) is 12.2. The predicted octanol–water partition coefficient (Wildman–Crippen LogP) is 0.0403. The lowest BCUT2D eigenvalue weighted by atomic mass is 10.1. The fourth-order valence-corrected chi connectivity index (χ4v) is 3.03. The fourth-order valence-electron chi connectivity index (χ4n) is 3.03. The number of rotatable bonds is 3. The number of piperazine rings is 1. The van der Waals surface area contributed by atoms with E-state index in [4.69, 9.17) is 0 Å². The maximum atomic E-state index is 9.82. The Morgan fingerprint density at radius 2 is 1.80 bits per heavy atom. The lowest BCUT2D eigenvalue weighted by Crippen LogP contribution is -2.59. The van der Waals surface area contributed by atoms with Gasteiger partial charge in [-0.3, -0.25) is 10.3 Å². The number of nitrogens with zero attached hydrogens (tertiary/aromatic N) is 2. The van der Waals surface area contributed by atoms with E-state index in [-0.39, 0.29) is 0 Å². The molecule has 0 aromatic rings. The fraction of sp³-hybridized carbons (Fsp3) is 1.00. The van der Waals surface area contributed by atoms with Gasteiger partial charge in [-0.1, -0.05) is 0 Å². The molecule has 2 aliphatic heterocycles. The molecule has 2 unspecified atom stereocenters. The highest BCUT2D eigenvalue weighted by atomic mass is 16.3. The predicted molar refractivity (Wildman–Crippen MR) is 60.4 cm³/mol. The van der Waals surface area contributed by atoms with Crippen LogP contribution in [0.5, 0.6) is 0 Å². The van der Waals surface area contributed by atoms with Crippen molar-refractivity contribution in [3.8, 4) is 0 Å². The van der Waals surface area contributed by atoms with Crippen molar-refractivity contribution in [3.05, 3.63) is 0 Å². The Kier molecular flexibility index (Phi) is 3.03.